The van der Waals surface area contributed by atoms with Gasteiger partial charge in [-0.3, -0.25) is 0 Å². The van der Waals surface area contributed by atoms with E-state index in [0.29, 0.717) is 11.3 Å². The number of ether oxygens (including phenoxy) is 3. The zero-order valence-corrected chi connectivity index (χ0v) is 18.5. The second-order valence-corrected chi connectivity index (χ2v) is 9.95. The Kier molecular flexibility index (Phi) is 8.28. The Balaban J connectivity index is 1.93. The van der Waals surface area contributed by atoms with Gasteiger partial charge >= 0.3 is 11.9 Å². The van der Waals surface area contributed by atoms with Gasteiger partial charge in [-0.15, -0.1) is 0 Å². The highest BCUT2D eigenvalue weighted by Crippen LogP contribution is 2.29. The van der Waals surface area contributed by atoms with Gasteiger partial charge in [0.25, 0.3) is 0 Å². The third kappa shape index (κ3) is 5.55. The maximum Gasteiger partial charge on any atom is 0.338 e. The molecule has 1 saturated heterocycles. The van der Waals surface area contributed by atoms with Crippen LogP contribution in [-0.4, -0.2) is 64.4 Å². The summed E-state index contributed by atoms with van der Waals surface area (Å²) in [6, 6.07) is 16.6. The standard InChI is InChI=1S/C22H24O7S2/c1-2-31(30)22-19(29-21(26)15-11-7-4-8-12-15)18(17(24)16(13-23)27-22)28-20(25)14-9-5-3-6-10-14/h3-12,16-19,22-24H,2,13H2,1H3/t16?,17-,18?,19?,22+,31?/m0/s1. The van der Waals surface area contributed by atoms with E-state index < -0.39 is 57.9 Å². The van der Waals surface area contributed by atoms with Crippen LogP contribution >= 0.6 is 0 Å². The van der Waals surface area contributed by atoms with Crippen LogP contribution in [-0.2, 0) is 34.9 Å². The van der Waals surface area contributed by atoms with Gasteiger partial charge in [0, 0.05) is 0 Å². The lowest BCUT2D eigenvalue weighted by molar-refractivity contribution is -0.207. The topological polar surface area (TPSA) is 102 Å². The number of hydrogen-bond acceptors (Lipinski definition) is 8. The van der Waals surface area contributed by atoms with Crippen LogP contribution in [0.25, 0.3) is 0 Å². The number of hydrogen-bond donors (Lipinski definition) is 2. The SMILES string of the molecule is CCS(=S)[C@H]1OC(CO)[C@H](O)C(OC(=O)c2ccccc2)C1OC(=O)c1ccccc1. The molecule has 2 aromatic carbocycles. The van der Waals surface area contributed by atoms with Crippen molar-refractivity contribution in [3.63, 3.8) is 0 Å². The molecule has 1 aliphatic rings. The molecule has 9 heteroatoms. The minimum atomic E-state index is -1.41. The Morgan fingerprint density at radius 2 is 1.45 bits per heavy atom. The van der Waals surface area contributed by atoms with Gasteiger partial charge in [0.05, 0.1) is 17.7 Å². The molecule has 1 heterocycles. The van der Waals surface area contributed by atoms with E-state index in [0.717, 1.165) is 0 Å². The third-order valence-corrected chi connectivity index (χ3v) is 7.59. The lowest BCUT2D eigenvalue weighted by Gasteiger charge is -2.43. The van der Waals surface area contributed by atoms with E-state index in [1.807, 2.05) is 6.92 Å². The highest BCUT2D eigenvalue weighted by atomic mass is 32.8. The van der Waals surface area contributed by atoms with Crippen molar-refractivity contribution >= 4 is 32.6 Å². The number of carbonyl (C=O) groups excluding carboxylic acids is 2. The van der Waals surface area contributed by atoms with E-state index in [-0.39, 0.29) is 5.56 Å². The van der Waals surface area contributed by atoms with Gasteiger partial charge < -0.3 is 24.4 Å². The summed E-state index contributed by atoms with van der Waals surface area (Å²) in [4.78, 5) is 25.4. The molecule has 0 bridgehead atoms. The van der Waals surface area contributed by atoms with E-state index in [4.69, 9.17) is 25.4 Å². The van der Waals surface area contributed by atoms with E-state index in [2.05, 4.69) is 0 Å². The summed E-state index contributed by atoms with van der Waals surface area (Å²) >= 11 is 5.51. The summed E-state index contributed by atoms with van der Waals surface area (Å²) in [5.74, 6) is -0.811. The molecule has 2 N–H and O–H groups in total. The van der Waals surface area contributed by atoms with Crippen LogP contribution in [0.1, 0.15) is 27.6 Å². The van der Waals surface area contributed by atoms with Crippen LogP contribution in [0, 0.1) is 0 Å². The van der Waals surface area contributed by atoms with E-state index in [1.165, 1.54) is 0 Å². The van der Waals surface area contributed by atoms with E-state index in [9.17, 15) is 19.8 Å². The molecule has 0 aliphatic carbocycles. The molecule has 0 spiro atoms. The molecule has 3 rings (SSSR count). The summed E-state index contributed by atoms with van der Waals surface area (Å²) < 4.78 is 17.1. The normalized spacial score (nSPS) is 26.6. The molecular weight excluding hydrogens is 440 g/mol. The molecular formula is C22H24O7S2. The first-order valence-corrected chi connectivity index (χ1v) is 12.2. The molecule has 166 valence electrons. The van der Waals surface area contributed by atoms with Crippen molar-refractivity contribution < 1.29 is 34.0 Å². The molecule has 7 nitrogen and oxygen atoms in total. The van der Waals surface area contributed by atoms with Crippen molar-refractivity contribution in [3.8, 4) is 0 Å². The second kappa shape index (κ2) is 10.9. The fourth-order valence-electron chi connectivity index (χ4n) is 3.21. The number of rotatable bonds is 7. The van der Waals surface area contributed by atoms with Gasteiger partial charge in [-0.25, -0.2) is 9.59 Å². The quantitative estimate of drug-likeness (QED) is 0.596. The van der Waals surface area contributed by atoms with Crippen molar-refractivity contribution in [2.24, 2.45) is 0 Å². The minimum absolute atomic E-state index is 0.277. The summed E-state index contributed by atoms with van der Waals surface area (Å²) in [6.45, 7) is 1.35. The zero-order valence-electron chi connectivity index (χ0n) is 16.8. The van der Waals surface area contributed by atoms with Crippen molar-refractivity contribution in [2.75, 3.05) is 12.4 Å². The highest BCUT2D eigenvalue weighted by Gasteiger charge is 2.50. The Labute approximate surface area is 187 Å². The van der Waals surface area contributed by atoms with E-state index in [1.54, 1.807) is 60.7 Å². The predicted molar refractivity (Wildman–Crippen MR) is 118 cm³/mol. The van der Waals surface area contributed by atoms with Crippen LogP contribution in [0.3, 0.4) is 0 Å². The molecule has 4 unspecified atom stereocenters. The maximum absolute atomic E-state index is 12.7. The Morgan fingerprint density at radius 1 is 0.968 bits per heavy atom. The van der Waals surface area contributed by atoms with Gasteiger partial charge in [-0.05, 0) is 41.2 Å². The van der Waals surface area contributed by atoms with E-state index >= 15 is 0 Å². The molecule has 1 fully saturated rings. The summed E-state index contributed by atoms with van der Waals surface area (Å²) in [7, 11) is -0.813. The molecule has 0 aromatic heterocycles. The number of aliphatic hydroxyl groups is 2. The van der Waals surface area contributed by atoms with Gasteiger partial charge in [0.15, 0.2) is 12.2 Å². The first-order chi connectivity index (χ1) is 15.0. The highest BCUT2D eigenvalue weighted by molar-refractivity contribution is 8.29. The number of benzene rings is 2. The lowest BCUT2D eigenvalue weighted by Crippen LogP contribution is -2.62. The van der Waals surface area contributed by atoms with Gasteiger partial charge in [-0.1, -0.05) is 52.8 Å². The minimum Gasteiger partial charge on any atom is -0.452 e. The summed E-state index contributed by atoms with van der Waals surface area (Å²) in [5, 5.41) is 20.5. The van der Waals surface area contributed by atoms with Crippen LogP contribution in [0.4, 0.5) is 0 Å². The average molecular weight is 465 g/mol. The van der Waals surface area contributed by atoms with Crippen LogP contribution < -0.4 is 0 Å². The summed E-state index contributed by atoms with van der Waals surface area (Å²) in [6.07, 6.45) is -4.85. The van der Waals surface area contributed by atoms with Crippen LogP contribution in [0.2, 0.25) is 0 Å². The van der Waals surface area contributed by atoms with Gasteiger partial charge in [0.1, 0.15) is 17.6 Å². The van der Waals surface area contributed by atoms with Crippen LogP contribution in [0.5, 0.6) is 0 Å². The van der Waals surface area contributed by atoms with Crippen molar-refractivity contribution in [1.29, 1.82) is 0 Å². The second-order valence-electron chi connectivity index (χ2n) is 6.86. The van der Waals surface area contributed by atoms with Crippen LogP contribution in [0.15, 0.2) is 60.7 Å². The smallest absolute Gasteiger partial charge is 0.338 e. The summed E-state index contributed by atoms with van der Waals surface area (Å²) in [5.41, 5.74) is -0.255. The number of carbonyl (C=O) groups is 2. The Hall–Kier alpha value is -2.17. The molecule has 31 heavy (non-hydrogen) atoms. The maximum atomic E-state index is 12.7. The third-order valence-electron chi connectivity index (χ3n) is 4.85. The van der Waals surface area contributed by atoms with Crippen molar-refractivity contribution in [2.45, 2.75) is 36.8 Å². The lowest BCUT2D eigenvalue weighted by atomic mass is 9.99. The van der Waals surface area contributed by atoms with Gasteiger partial charge in [-0.2, -0.15) is 0 Å². The van der Waals surface area contributed by atoms with Gasteiger partial charge in [0.2, 0.25) is 0 Å². The largest absolute Gasteiger partial charge is 0.452 e. The Morgan fingerprint density at radius 3 is 1.90 bits per heavy atom. The number of aliphatic hydroxyl groups excluding tert-OH is 2. The molecule has 6 atom stereocenters. The van der Waals surface area contributed by atoms with Crippen molar-refractivity contribution in [3.05, 3.63) is 71.8 Å². The Bertz CT molecular complexity index is 907. The monoisotopic (exact) mass is 464 g/mol. The molecule has 2 aromatic rings. The molecule has 0 amide bonds. The first kappa shape index (κ1) is 23.5. The molecule has 0 saturated carbocycles. The predicted octanol–water partition coefficient (Wildman–Crippen LogP) is 1.62. The van der Waals surface area contributed by atoms with Crippen molar-refractivity contribution in [1.82, 2.24) is 0 Å². The fraction of sp³-hybridized carbons (Fsp3) is 0.364. The zero-order chi connectivity index (χ0) is 22.4. The fourth-order valence-corrected chi connectivity index (χ4v) is 4.78. The first-order valence-electron chi connectivity index (χ1n) is 9.79. The number of esters is 2. The molecule has 0 radical (unpaired) electrons. The average Bonchev–Trinajstić information content (AvgIpc) is 2.82. The molecule has 1 aliphatic heterocycles.